The Bertz CT molecular complexity index is 1320. The summed E-state index contributed by atoms with van der Waals surface area (Å²) < 4.78 is 62.7. The molecule has 0 aromatic carbocycles. The third kappa shape index (κ3) is 4.28. The average molecular weight is 515 g/mol. The van der Waals surface area contributed by atoms with Gasteiger partial charge in [-0.05, 0) is 32.8 Å². The van der Waals surface area contributed by atoms with Gasteiger partial charge in [0.15, 0.2) is 15.8 Å². The van der Waals surface area contributed by atoms with Crippen LogP contribution < -0.4 is 9.62 Å². The van der Waals surface area contributed by atoms with Crippen molar-refractivity contribution < 1.29 is 27.0 Å². The molecule has 1 saturated heterocycles. The second-order valence-electron chi connectivity index (χ2n) is 8.95. The number of anilines is 1. The zero-order valence-corrected chi connectivity index (χ0v) is 20.1. The molecule has 1 saturated carbocycles. The van der Waals surface area contributed by atoms with Gasteiger partial charge >= 0.3 is 0 Å². The van der Waals surface area contributed by atoms with Gasteiger partial charge in [-0.15, -0.1) is 10.2 Å². The molecule has 0 radical (unpaired) electrons. The molecule has 1 aliphatic heterocycles. The van der Waals surface area contributed by atoms with Gasteiger partial charge in [0, 0.05) is 24.3 Å². The SMILES string of the molecule is C[C@@H]1CO[C@H](CO)CN1c1cc(S(=O)(=O)NC2(C)CC2)cn2c(-c3nnc(C(F)F)s3)ncc12. The van der Waals surface area contributed by atoms with E-state index in [1.165, 1.54) is 6.20 Å². The van der Waals surface area contributed by atoms with Gasteiger partial charge in [-0.2, -0.15) is 0 Å². The van der Waals surface area contributed by atoms with Gasteiger partial charge < -0.3 is 14.7 Å². The normalized spacial score (nSPS) is 22.6. The summed E-state index contributed by atoms with van der Waals surface area (Å²) in [6, 6.07) is 1.47. The standard InChI is InChI=1S/C20H24F2N6O4S2/c1-11-10-32-12(9-29)7-27(11)14-5-13(34(30,31)26-20(2)3-4-20)8-28-15(14)6-23-17(28)19-25-24-18(33-19)16(21)22/h5-6,8,11-12,16,26,29H,3-4,7,9-10H2,1-2H3/t11-,12+/m1/s1. The van der Waals surface area contributed by atoms with Crippen LogP contribution >= 0.6 is 11.3 Å². The van der Waals surface area contributed by atoms with E-state index in [1.54, 1.807) is 16.7 Å². The number of hydrogen-bond donors (Lipinski definition) is 2. The van der Waals surface area contributed by atoms with E-state index in [0.29, 0.717) is 35.7 Å². The highest BCUT2D eigenvalue weighted by Gasteiger charge is 2.41. The number of morpholine rings is 1. The molecule has 0 amide bonds. The van der Waals surface area contributed by atoms with Gasteiger partial charge in [-0.25, -0.2) is 26.9 Å². The van der Waals surface area contributed by atoms with Crippen LogP contribution in [0.5, 0.6) is 0 Å². The number of aliphatic hydroxyl groups excluding tert-OH is 1. The Morgan fingerprint density at radius 2 is 2.15 bits per heavy atom. The molecule has 2 aliphatic rings. The topological polar surface area (TPSA) is 122 Å². The van der Waals surface area contributed by atoms with E-state index in [2.05, 4.69) is 19.9 Å². The lowest BCUT2D eigenvalue weighted by Crippen LogP contribution is -2.49. The predicted octanol–water partition coefficient (Wildman–Crippen LogP) is 2.21. The zero-order valence-electron chi connectivity index (χ0n) is 18.5. The maximum absolute atomic E-state index is 13.3. The number of halogens is 2. The summed E-state index contributed by atoms with van der Waals surface area (Å²) >= 11 is 0.706. The highest BCUT2D eigenvalue weighted by atomic mass is 32.2. The number of nitrogens with zero attached hydrogens (tertiary/aromatic N) is 5. The lowest BCUT2D eigenvalue weighted by molar-refractivity contribution is -0.0102. The predicted molar refractivity (Wildman–Crippen MR) is 121 cm³/mol. The first-order valence-corrected chi connectivity index (χ1v) is 13.1. The summed E-state index contributed by atoms with van der Waals surface area (Å²) in [7, 11) is -3.89. The van der Waals surface area contributed by atoms with Crippen molar-refractivity contribution in [2.75, 3.05) is 24.7 Å². The second-order valence-corrected chi connectivity index (χ2v) is 11.6. The number of fused-ring (bicyclic) bond motifs is 1. The van der Waals surface area contributed by atoms with Gasteiger partial charge in [0.05, 0.1) is 36.7 Å². The van der Waals surface area contributed by atoms with Gasteiger partial charge in [-0.3, -0.25) is 4.40 Å². The quantitative estimate of drug-likeness (QED) is 0.492. The minimum Gasteiger partial charge on any atom is -0.394 e. The molecule has 14 heteroatoms. The first kappa shape index (κ1) is 23.5. The van der Waals surface area contributed by atoms with Gasteiger partial charge in [0.25, 0.3) is 6.43 Å². The highest BCUT2D eigenvalue weighted by molar-refractivity contribution is 7.89. The summed E-state index contributed by atoms with van der Waals surface area (Å²) in [6.07, 6.45) is 1.27. The van der Waals surface area contributed by atoms with Crippen molar-refractivity contribution in [3.05, 3.63) is 23.5 Å². The summed E-state index contributed by atoms with van der Waals surface area (Å²) in [4.78, 5) is 6.35. The van der Waals surface area contributed by atoms with Crippen LogP contribution in [0.2, 0.25) is 0 Å². The van der Waals surface area contributed by atoms with Crippen molar-refractivity contribution in [3.63, 3.8) is 0 Å². The Kier molecular flexibility index (Phi) is 5.83. The molecule has 3 aromatic rings. The van der Waals surface area contributed by atoms with E-state index in [0.717, 1.165) is 12.8 Å². The molecule has 184 valence electrons. The molecule has 1 aliphatic carbocycles. The van der Waals surface area contributed by atoms with Crippen LogP contribution in [-0.2, 0) is 14.8 Å². The maximum atomic E-state index is 13.3. The number of aliphatic hydroxyl groups is 1. The molecular formula is C20H24F2N6O4S2. The van der Waals surface area contributed by atoms with Crippen LogP contribution in [-0.4, -0.2) is 70.5 Å². The summed E-state index contributed by atoms with van der Waals surface area (Å²) in [6.45, 7) is 4.29. The molecule has 2 fully saturated rings. The van der Waals surface area contributed by atoms with E-state index >= 15 is 0 Å². The van der Waals surface area contributed by atoms with Crippen LogP contribution in [0.25, 0.3) is 16.3 Å². The smallest absolute Gasteiger partial charge is 0.291 e. The Balaban J connectivity index is 1.67. The van der Waals surface area contributed by atoms with Gasteiger partial charge in [0.2, 0.25) is 10.0 Å². The van der Waals surface area contributed by atoms with E-state index in [1.807, 2.05) is 18.7 Å². The zero-order chi connectivity index (χ0) is 24.3. The van der Waals surface area contributed by atoms with E-state index in [9.17, 15) is 22.3 Å². The molecule has 4 heterocycles. The molecule has 2 N–H and O–H groups in total. The number of imidazole rings is 1. The van der Waals surface area contributed by atoms with Crippen molar-refractivity contribution in [2.24, 2.45) is 0 Å². The number of sulfonamides is 1. The average Bonchev–Trinajstić information content (AvgIpc) is 3.19. The molecule has 5 rings (SSSR count). The fourth-order valence-electron chi connectivity index (χ4n) is 3.94. The molecule has 3 aromatic heterocycles. The van der Waals surface area contributed by atoms with Gasteiger partial charge in [-0.1, -0.05) is 11.3 Å². The summed E-state index contributed by atoms with van der Waals surface area (Å²) in [5.41, 5.74) is 0.673. The van der Waals surface area contributed by atoms with E-state index in [4.69, 9.17) is 4.74 Å². The number of ether oxygens (including phenoxy) is 1. The Morgan fingerprint density at radius 1 is 1.38 bits per heavy atom. The van der Waals surface area contributed by atoms with Crippen LogP contribution in [0.15, 0.2) is 23.4 Å². The molecule has 34 heavy (non-hydrogen) atoms. The molecular weight excluding hydrogens is 490 g/mol. The number of alkyl halides is 2. The summed E-state index contributed by atoms with van der Waals surface area (Å²) in [5, 5.41) is 16.7. The van der Waals surface area contributed by atoms with Crippen LogP contribution in [0.3, 0.4) is 0 Å². The van der Waals surface area contributed by atoms with Crippen molar-refractivity contribution in [1.82, 2.24) is 24.3 Å². The number of nitrogens with one attached hydrogen (secondary N) is 1. The largest absolute Gasteiger partial charge is 0.394 e. The fourth-order valence-corrected chi connectivity index (χ4v) is 6.11. The molecule has 0 spiro atoms. The van der Waals surface area contributed by atoms with Gasteiger partial charge in [0.1, 0.15) is 4.90 Å². The third-order valence-corrected chi connectivity index (χ3v) is 8.65. The van der Waals surface area contributed by atoms with Crippen molar-refractivity contribution >= 4 is 32.6 Å². The number of hydrogen-bond acceptors (Lipinski definition) is 9. The van der Waals surface area contributed by atoms with Crippen LogP contribution in [0.4, 0.5) is 14.5 Å². The minimum atomic E-state index is -3.89. The monoisotopic (exact) mass is 514 g/mol. The van der Waals surface area contributed by atoms with Crippen molar-refractivity contribution in [3.8, 4) is 10.8 Å². The Morgan fingerprint density at radius 3 is 2.79 bits per heavy atom. The first-order valence-electron chi connectivity index (χ1n) is 10.8. The van der Waals surface area contributed by atoms with Crippen molar-refractivity contribution in [2.45, 2.75) is 55.7 Å². The number of rotatable bonds is 7. The lowest BCUT2D eigenvalue weighted by Gasteiger charge is -2.39. The van der Waals surface area contributed by atoms with Crippen LogP contribution in [0, 0.1) is 0 Å². The van der Waals surface area contributed by atoms with E-state index < -0.39 is 33.1 Å². The van der Waals surface area contributed by atoms with Crippen molar-refractivity contribution in [1.29, 1.82) is 0 Å². The lowest BCUT2D eigenvalue weighted by atomic mass is 10.1. The van der Waals surface area contributed by atoms with Crippen LogP contribution in [0.1, 0.15) is 38.1 Å². The molecule has 0 unspecified atom stereocenters. The first-order chi connectivity index (χ1) is 16.1. The maximum Gasteiger partial charge on any atom is 0.291 e. The highest BCUT2D eigenvalue weighted by Crippen LogP contribution is 2.38. The molecule has 0 bridgehead atoms. The molecule has 2 atom stereocenters. The number of aromatic nitrogens is 4. The summed E-state index contributed by atoms with van der Waals surface area (Å²) in [5.74, 6) is 0.218. The van der Waals surface area contributed by atoms with E-state index in [-0.39, 0.29) is 28.4 Å². The second kappa shape index (κ2) is 8.45. The minimum absolute atomic E-state index is 0.0141. The molecule has 10 nitrogen and oxygen atoms in total. The number of pyridine rings is 1. The third-order valence-electron chi connectivity index (χ3n) is 6.12. The Labute approximate surface area is 198 Å². The fraction of sp³-hybridized carbons (Fsp3) is 0.550. The Hall–Kier alpha value is -2.26.